The van der Waals surface area contributed by atoms with Gasteiger partial charge in [0.15, 0.2) is 0 Å². The first-order chi connectivity index (χ1) is 9.96. The zero-order chi connectivity index (χ0) is 15.0. The van der Waals surface area contributed by atoms with E-state index in [0.717, 1.165) is 35.8 Å². The van der Waals surface area contributed by atoms with Crippen LogP contribution in [0, 0.1) is 6.92 Å². The number of aromatic nitrogens is 2. The van der Waals surface area contributed by atoms with Gasteiger partial charge in [-0.15, -0.1) is 11.3 Å². The lowest BCUT2D eigenvalue weighted by Gasteiger charge is -2.29. The second kappa shape index (κ2) is 5.30. The Morgan fingerprint density at radius 2 is 2.33 bits per heavy atom. The van der Waals surface area contributed by atoms with Gasteiger partial charge < -0.3 is 9.88 Å². The van der Waals surface area contributed by atoms with Crippen LogP contribution < -0.4 is 5.32 Å². The summed E-state index contributed by atoms with van der Waals surface area (Å²) in [5.74, 6) is 1.24. The van der Waals surface area contributed by atoms with Crippen LogP contribution in [-0.2, 0) is 23.2 Å². The summed E-state index contributed by atoms with van der Waals surface area (Å²) in [7, 11) is 0. The minimum absolute atomic E-state index is 0.107. The van der Waals surface area contributed by atoms with E-state index in [0.29, 0.717) is 0 Å². The molecule has 112 valence electrons. The largest absolute Gasteiger partial charge is 0.351 e. The molecule has 3 heterocycles. The zero-order valence-corrected chi connectivity index (χ0v) is 13.5. The van der Waals surface area contributed by atoms with E-state index in [9.17, 15) is 4.79 Å². The molecule has 21 heavy (non-hydrogen) atoms. The molecule has 0 unspecified atom stereocenters. The number of aryl methyl sites for hydroxylation is 2. The quantitative estimate of drug-likeness (QED) is 0.947. The van der Waals surface area contributed by atoms with Crippen LogP contribution in [0.15, 0.2) is 23.7 Å². The zero-order valence-electron chi connectivity index (χ0n) is 12.7. The van der Waals surface area contributed by atoms with Crippen molar-refractivity contribution < 1.29 is 4.79 Å². The molecule has 1 N–H and O–H groups in total. The van der Waals surface area contributed by atoms with Crippen LogP contribution >= 0.6 is 11.3 Å². The molecule has 2 aromatic rings. The maximum atomic E-state index is 12.6. The molecule has 1 aliphatic heterocycles. The van der Waals surface area contributed by atoms with Gasteiger partial charge in [-0.2, -0.15) is 0 Å². The van der Waals surface area contributed by atoms with Gasteiger partial charge in [0, 0.05) is 30.1 Å². The molecule has 0 saturated carbocycles. The molecule has 3 rings (SSSR count). The fraction of sp³-hybridized carbons (Fsp3) is 0.500. The van der Waals surface area contributed by atoms with Crippen molar-refractivity contribution in [2.75, 3.05) is 0 Å². The Labute approximate surface area is 129 Å². The van der Waals surface area contributed by atoms with Crippen LogP contribution in [0.2, 0.25) is 0 Å². The van der Waals surface area contributed by atoms with E-state index in [4.69, 9.17) is 0 Å². The highest BCUT2D eigenvalue weighted by molar-refractivity contribution is 7.10. The number of carbonyl (C=O) groups excluding carboxylic acids is 1. The third kappa shape index (κ3) is 2.75. The molecule has 1 amide bonds. The van der Waals surface area contributed by atoms with E-state index in [1.54, 1.807) is 11.3 Å². The minimum atomic E-state index is -0.473. The monoisotopic (exact) mass is 303 g/mol. The van der Waals surface area contributed by atoms with Gasteiger partial charge in [0.2, 0.25) is 5.91 Å². The van der Waals surface area contributed by atoms with Gasteiger partial charge in [0.05, 0.1) is 11.1 Å². The predicted octanol–water partition coefficient (Wildman–Crippen LogP) is 2.66. The van der Waals surface area contributed by atoms with Crippen molar-refractivity contribution in [3.8, 4) is 0 Å². The summed E-state index contributed by atoms with van der Waals surface area (Å²) >= 11 is 1.64. The lowest BCUT2D eigenvalue weighted by molar-refractivity contribution is -0.126. The van der Waals surface area contributed by atoms with E-state index in [2.05, 4.69) is 21.1 Å². The van der Waals surface area contributed by atoms with Crippen molar-refractivity contribution in [3.05, 3.63) is 40.1 Å². The first-order valence-corrected chi connectivity index (χ1v) is 8.22. The summed E-state index contributed by atoms with van der Waals surface area (Å²) in [6.07, 6.45) is 3.96. The first kappa shape index (κ1) is 14.3. The fourth-order valence-corrected chi connectivity index (χ4v) is 3.66. The number of rotatable bonds is 3. The second-order valence-electron chi connectivity index (χ2n) is 6.26. The summed E-state index contributed by atoms with van der Waals surface area (Å²) in [5.41, 5.74) is 0.579. The Hall–Kier alpha value is -1.62. The van der Waals surface area contributed by atoms with Crippen LogP contribution in [0.4, 0.5) is 0 Å². The van der Waals surface area contributed by atoms with Crippen molar-refractivity contribution in [3.63, 3.8) is 0 Å². The first-order valence-electron chi connectivity index (χ1n) is 7.34. The standard InChI is InChI=1S/C16H21N3OS/c1-11-9-19-10-12(6-7-14(19)17-11)18-15(20)16(2,3)13-5-4-8-21-13/h4-5,8-9,12H,6-7,10H2,1-3H3,(H,18,20)/t12-/m1/s1. The second-order valence-corrected chi connectivity index (χ2v) is 7.21. The Bertz CT molecular complexity index is 643. The lowest BCUT2D eigenvalue weighted by atomic mass is 9.89. The molecule has 5 heteroatoms. The third-order valence-electron chi connectivity index (χ3n) is 4.15. The van der Waals surface area contributed by atoms with Gasteiger partial charge in [-0.1, -0.05) is 6.07 Å². The summed E-state index contributed by atoms with van der Waals surface area (Å²) in [5, 5.41) is 5.24. The molecule has 0 bridgehead atoms. The normalized spacial score (nSPS) is 18.3. The SMILES string of the molecule is Cc1cn2c(n1)CC[C@@H](NC(=O)C(C)(C)c1cccs1)C2. The molecule has 4 nitrogen and oxygen atoms in total. The summed E-state index contributed by atoms with van der Waals surface area (Å²) < 4.78 is 2.17. The number of hydrogen-bond acceptors (Lipinski definition) is 3. The summed E-state index contributed by atoms with van der Waals surface area (Å²) in [6, 6.07) is 4.22. The maximum absolute atomic E-state index is 12.6. The van der Waals surface area contributed by atoms with E-state index >= 15 is 0 Å². The van der Waals surface area contributed by atoms with Gasteiger partial charge in [-0.05, 0) is 38.6 Å². The molecule has 1 aliphatic rings. The van der Waals surface area contributed by atoms with E-state index in [1.165, 1.54) is 0 Å². The smallest absolute Gasteiger partial charge is 0.231 e. The highest BCUT2D eigenvalue weighted by atomic mass is 32.1. The third-order valence-corrected chi connectivity index (χ3v) is 5.35. The van der Waals surface area contributed by atoms with E-state index in [-0.39, 0.29) is 11.9 Å². The maximum Gasteiger partial charge on any atom is 0.231 e. The molecular weight excluding hydrogens is 282 g/mol. The van der Waals surface area contributed by atoms with Crippen LogP contribution in [-0.4, -0.2) is 21.5 Å². The number of nitrogens with zero attached hydrogens (tertiary/aromatic N) is 2. The molecule has 0 aromatic carbocycles. The van der Waals surface area contributed by atoms with Crippen LogP contribution in [0.5, 0.6) is 0 Å². The molecule has 0 aliphatic carbocycles. The van der Waals surface area contributed by atoms with Gasteiger partial charge in [-0.3, -0.25) is 4.79 Å². The molecule has 2 aromatic heterocycles. The number of amides is 1. The Balaban J connectivity index is 1.69. The molecule has 0 radical (unpaired) electrons. The number of thiophene rings is 1. The summed E-state index contributed by atoms with van der Waals surface area (Å²) in [6.45, 7) is 6.81. The topological polar surface area (TPSA) is 46.9 Å². The van der Waals surface area contributed by atoms with Crippen LogP contribution in [0.25, 0.3) is 0 Å². The number of fused-ring (bicyclic) bond motifs is 1. The molecule has 0 fully saturated rings. The van der Waals surface area contributed by atoms with Crippen molar-refractivity contribution >= 4 is 17.2 Å². The average molecular weight is 303 g/mol. The van der Waals surface area contributed by atoms with Crippen molar-refractivity contribution in [1.29, 1.82) is 0 Å². The Kier molecular flexibility index (Phi) is 3.61. The lowest BCUT2D eigenvalue weighted by Crippen LogP contribution is -2.47. The Morgan fingerprint density at radius 3 is 3.05 bits per heavy atom. The highest BCUT2D eigenvalue weighted by Gasteiger charge is 2.33. The number of imidazole rings is 1. The fourth-order valence-electron chi connectivity index (χ4n) is 2.82. The van der Waals surface area contributed by atoms with E-state index in [1.807, 2.05) is 38.3 Å². The predicted molar refractivity (Wildman–Crippen MR) is 84.6 cm³/mol. The van der Waals surface area contributed by atoms with Crippen molar-refractivity contribution in [2.45, 2.75) is 51.6 Å². The van der Waals surface area contributed by atoms with Gasteiger partial charge >= 0.3 is 0 Å². The molecule has 0 saturated heterocycles. The average Bonchev–Trinajstić information content (AvgIpc) is 3.06. The molecule has 0 spiro atoms. The highest BCUT2D eigenvalue weighted by Crippen LogP contribution is 2.28. The molecular formula is C16H21N3OS. The number of hydrogen-bond donors (Lipinski definition) is 1. The van der Waals surface area contributed by atoms with Gasteiger partial charge in [0.25, 0.3) is 0 Å². The van der Waals surface area contributed by atoms with Gasteiger partial charge in [0.1, 0.15) is 5.82 Å². The molecule has 1 atom stereocenters. The van der Waals surface area contributed by atoms with Crippen LogP contribution in [0.3, 0.4) is 0 Å². The number of carbonyl (C=O) groups is 1. The number of nitrogens with one attached hydrogen (secondary N) is 1. The van der Waals surface area contributed by atoms with Crippen LogP contribution in [0.1, 0.15) is 36.7 Å². The summed E-state index contributed by atoms with van der Waals surface area (Å²) in [4.78, 5) is 18.2. The minimum Gasteiger partial charge on any atom is -0.351 e. The van der Waals surface area contributed by atoms with Crippen molar-refractivity contribution in [2.24, 2.45) is 0 Å². The van der Waals surface area contributed by atoms with Gasteiger partial charge in [-0.25, -0.2) is 4.98 Å². The van der Waals surface area contributed by atoms with Crippen molar-refractivity contribution in [1.82, 2.24) is 14.9 Å². The Morgan fingerprint density at radius 1 is 1.52 bits per heavy atom. The van der Waals surface area contributed by atoms with E-state index < -0.39 is 5.41 Å².